The highest BCUT2D eigenvalue weighted by Crippen LogP contribution is 2.24. The molecular formula is C16H12N2O6. The average molecular weight is 328 g/mol. The maximum Gasteiger partial charge on any atom is 0.339 e. The molecule has 0 spiro atoms. The fourth-order valence-electron chi connectivity index (χ4n) is 2.07. The summed E-state index contributed by atoms with van der Waals surface area (Å²) in [5.41, 5.74) is 0.265. The lowest BCUT2D eigenvalue weighted by atomic mass is 10.1. The molecule has 0 saturated carbocycles. The van der Waals surface area contributed by atoms with Crippen LogP contribution in [0.4, 0.5) is 5.69 Å². The maximum atomic E-state index is 12.2. The monoisotopic (exact) mass is 328 g/mol. The van der Waals surface area contributed by atoms with Gasteiger partial charge in [0.1, 0.15) is 11.3 Å². The van der Waals surface area contributed by atoms with E-state index in [1.807, 2.05) is 0 Å². The van der Waals surface area contributed by atoms with Gasteiger partial charge in [-0.2, -0.15) is 0 Å². The number of carbonyl (C=O) groups excluding carboxylic acids is 1. The van der Waals surface area contributed by atoms with Gasteiger partial charge in [0.05, 0.1) is 13.4 Å². The SMILES string of the molecule is COc1ccc(NC(=O)c2cc(-c3ccco3)on2)cc1C(=O)O. The summed E-state index contributed by atoms with van der Waals surface area (Å²) < 4.78 is 15.2. The summed E-state index contributed by atoms with van der Waals surface area (Å²) in [6, 6.07) is 9.06. The van der Waals surface area contributed by atoms with Crippen molar-refractivity contribution in [2.75, 3.05) is 12.4 Å². The average Bonchev–Trinajstić information content (AvgIpc) is 3.25. The summed E-state index contributed by atoms with van der Waals surface area (Å²) in [6.07, 6.45) is 1.47. The van der Waals surface area contributed by atoms with Gasteiger partial charge in [-0.1, -0.05) is 5.16 Å². The molecular weight excluding hydrogens is 316 g/mol. The smallest absolute Gasteiger partial charge is 0.339 e. The van der Waals surface area contributed by atoms with E-state index in [-0.39, 0.29) is 17.0 Å². The molecule has 0 aliphatic rings. The van der Waals surface area contributed by atoms with Crippen LogP contribution in [0.1, 0.15) is 20.8 Å². The number of rotatable bonds is 5. The fourth-order valence-corrected chi connectivity index (χ4v) is 2.07. The van der Waals surface area contributed by atoms with Crippen LogP contribution in [0.15, 0.2) is 51.6 Å². The third-order valence-electron chi connectivity index (χ3n) is 3.19. The highest BCUT2D eigenvalue weighted by atomic mass is 16.5. The van der Waals surface area contributed by atoms with Gasteiger partial charge in [0, 0.05) is 11.8 Å². The van der Waals surface area contributed by atoms with Gasteiger partial charge in [0.25, 0.3) is 5.91 Å². The number of carbonyl (C=O) groups is 2. The number of benzene rings is 1. The van der Waals surface area contributed by atoms with E-state index < -0.39 is 11.9 Å². The first-order chi connectivity index (χ1) is 11.6. The first-order valence-corrected chi connectivity index (χ1v) is 6.82. The number of methoxy groups -OCH3 is 1. The minimum Gasteiger partial charge on any atom is -0.496 e. The van der Waals surface area contributed by atoms with E-state index in [4.69, 9.17) is 18.8 Å². The van der Waals surface area contributed by atoms with Gasteiger partial charge >= 0.3 is 5.97 Å². The van der Waals surface area contributed by atoms with Crippen molar-refractivity contribution in [2.45, 2.75) is 0 Å². The molecule has 1 aromatic carbocycles. The third-order valence-corrected chi connectivity index (χ3v) is 3.19. The molecule has 2 N–H and O–H groups in total. The molecule has 0 fully saturated rings. The first-order valence-electron chi connectivity index (χ1n) is 6.82. The molecule has 0 radical (unpaired) electrons. The minimum atomic E-state index is -1.16. The van der Waals surface area contributed by atoms with Gasteiger partial charge < -0.3 is 24.1 Å². The Hall–Kier alpha value is -3.55. The Morgan fingerprint density at radius 3 is 2.71 bits per heavy atom. The van der Waals surface area contributed by atoms with E-state index >= 15 is 0 Å². The molecule has 2 heterocycles. The number of nitrogens with zero attached hydrogens (tertiary/aromatic N) is 1. The molecule has 0 bridgehead atoms. The Bertz CT molecular complexity index is 882. The number of amides is 1. The Morgan fingerprint density at radius 2 is 2.04 bits per heavy atom. The van der Waals surface area contributed by atoms with Crippen molar-refractivity contribution in [1.82, 2.24) is 5.16 Å². The molecule has 0 unspecified atom stereocenters. The van der Waals surface area contributed by atoms with Crippen molar-refractivity contribution in [3.8, 4) is 17.3 Å². The Labute approximate surface area is 135 Å². The zero-order valence-electron chi connectivity index (χ0n) is 12.5. The van der Waals surface area contributed by atoms with E-state index in [2.05, 4.69) is 10.5 Å². The molecule has 1 amide bonds. The second kappa shape index (κ2) is 6.29. The van der Waals surface area contributed by atoms with Crippen LogP contribution in [-0.2, 0) is 0 Å². The van der Waals surface area contributed by atoms with E-state index in [0.717, 1.165) is 0 Å². The van der Waals surface area contributed by atoms with Crippen LogP contribution < -0.4 is 10.1 Å². The molecule has 8 nitrogen and oxygen atoms in total. The number of furan rings is 1. The van der Waals surface area contributed by atoms with Crippen molar-refractivity contribution in [1.29, 1.82) is 0 Å². The number of hydrogen-bond acceptors (Lipinski definition) is 6. The van der Waals surface area contributed by atoms with Crippen LogP contribution >= 0.6 is 0 Å². The lowest BCUT2D eigenvalue weighted by Gasteiger charge is -2.08. The van der Waals surface area contributed by atoms with Crippen LogP contribution in [0.2, 0.25) is 0 Å². The maximum absolute atomic E-state index is 12.2. The number of anilines is 1. The van der Waals surface area contributed by atoms with Gasteiger partial charge in [0.15, 0.2) is 11.5 Å². The normalized spacial score (nSPS) is 10.4. The Morgan fingerprint density at radius 1 is 1.21 bits per heavy atom. The van der Waals surface area contributed by atoms with Crippen LogP contribution in [0, 0.1) is 0 Å². The van der Waals surface area contributed by atoms with Gasteiger partial charge in [-0.3, -0.25) is 4.79 Å². The molecule has 122 valence electrons. The van der Waals surface area contributed by atoms with Crippen LogP contribution in [0.25, 0.3) is 11.5 Å². The van der Waals surface area contributed by atoms with Gasteiger partial charge in [-0.25, -0.2) is 4.79 Å². The number of aromatic nitrogens is 1. The lowest BCUT2D eigenvalue weighted by molar-refractivity contribution is 0.0693. The molecule has 3 rings (SSSR count). The molecule has 0 saturated heterocycles. The summed E-state index contributed by atoms with van der Waals surface area (Å²) in [7, 11) is 1.37. The summed E-state index contributed by atoms with van der Waals surface area (Å²) in [5, 5.41) is 15.4. The number of carboxylic acids is 1. The zero-order chi connectivity index (χ0) is 17.1. The number of ether oxygens (including phenoxy) is 1. The molecule has 0 aliphatic carbocycles. The fraction of sp³-hybridized carbons (Fsp3) is 0.0625. The van der Waals surface area contributed by atoms with E-state index in [1.165, 1.54) is 37.6 Å². The molecule has 8 heteroatoms. The summed E-state index contributed by atoms with van der Waals surface area (Å²) in [5.74, 6) is -0.755. The predicted molar refractivity (Wildman–Crippen MR) is 82.1 cm³/mol. The van der Waals surface area contributed by atoms with Gasteiger partial charge in [-0.15, -0.1) is 0 Å². The van der Waals surface area contributed by atoms with E-state index in [0.29, 0.717) is 17.2 Å². The van der Waals surface area contributed by atoms with Crippen LogP contribution in [-0.4, -0.2) is 29.2 Å². The summed E-state index contributed by atoms with van der Waals surface area (Å²) >= 11 is 0. The van der Waals surface area contributed by atoms with Crippen molar-refractivity contribution >= 4 is 17.6 Å². The number of hydrogen-bond donors (Lipinski definition) is 2. The lowest BCUT2D eigenvalue weighted by Crippen LogP contribution is -2.13. The largest absolute Gasteiger partial charge is 0.496 e. The Balaban J connectivity index is 1.80. The quantitative estimate of drug-likeness (QED) is 0.740. The topological polar surface area (TPSA) is 115 Å². The van der Waals surface area contributed by atoms with Gasteiger partial charge in [-0.05, 0) is 30.3 Å². The first kappa shape index (κ1) is 15.3. The Kier molecular flexibility index (Phi) is 4.02. The van der Waals surface area contributed by atoms with Gasteiger partial charge in [0.2, 0.25) is 5.76 Å². The van der Waals surface area contributed by atoms with Crippen molar-refractivity contribution in [2.24, 2.45) is 0 Å². The second-order valence-corrected chi connectivity index (χ2v) is 4.73. The molecule has 0 atom stereocenters. The molecule has 0 aliphatic heterocycles. The molecule has 2 aromatic heterocycles. The van der Waals surface area contributed by atoms with Crippen molar-refractivity contribution in [3.63, 3.8) is 0 Å². The zero-order valence-corrected chi connectivity index (χ0v) is 12.5. The van der Waals surface area contributed by atoms with Crippen molar-refractivity contribution < 1.29 is 28.4 Å². The standard InChI is InChI=1S/C16H12N2O6/c1-22-12-5-4-9(7-10(12)16(20)21)17-15(19)11-8-14(24-18-11)13-3-2-6-23-13/h2-8H,1H3,(H,17,19)(H,20,21). The van der Waals surface area contributed by atoms with Crippen LogP contribution in [0.3, 0.4) is 0 Å². The predicted octanol–water partition coefficient (Wildman–Crippen LogP) is 2.89. The van der Waals surface area contributed by atoms with E-state index in [1.54, 1.807) is 12.1 Å². The van der Waals surface area contributed by atoms with E-state index in [9.17, 15) is 9.59 Å². The second-order valence-electron chi connectivity index (χ2n) is 4.73. The number of carboxylic acid groups (broad SMARTS) is 1. The van der Waals surface area contributed by atoms with Crippen LogP contribution in [0.5, 0.6) is 5.75 Å². The molecule has 24 heavy (non-hydrogen) atoms. The highest BCUT2D eigenvalue weighted by Gasteiger charge is 2.17. The number of nitrogens with one attached hydrogen (secondary N) is 1. The summed E-state index contributed by atoms with van der Waals surface area (Å²) in [6.45, 7) is 0. The molecule has 3 aromatic rings. The third kappa shape index (κ3) is 2.98. The minimum absolute atomic E-state index is 0.0362. The highest BCUT2D eigenvalue weighted by molar-refractivity contribution is 6.04. The number of aromatic carboxylic acids is 1. The van der Waals surface area contributed by atoms with Crippen molar-refractivity contribution in [3.05, 3.63) is 53.9 Å². The summed E-state index contributed by atoms with van der Waals surface area (Å²) in [4.78, 5) is 23.4.